The van der Waals surface area contributed by atoms with Gasteiger partial charge in [0.05, 0.1) is 11.0 Å². The number of benzene rings is 3. The maximum atomic E-state index is 5.12. The van der Waals surface area contributed by atoms with Gasteiger partial charge in [-0.25, -0.2) is 4.98 Å². The molecule has 0 spiro atoms. The number of unbranched alkanes of at least 4 members (excludes halogenated alkanes) is 3. The van der Waals surface area contributed by atoms with Gasteiger partial charge in [0.25, 0.3) is 0 Å². The molecule has 1 heterocycles. The Morgan fingerprint density at radius 3 is 2.03 bits per heavy atom. The molecule has 0 N–H and O–H groups in total. The maximum absolute atomic E-state index is 5.12. The highest BCUT2D eigenvalue weighted by atomic mass is 31.1. The second-order valence-electron chi connectivity index (χ2n) is 8.57. The minimum absolute atomic E-state index is 0.439. The molecular formula is C29H35N2P. The molecule has 0 bridgehead atoms. The van der Waals surface area contributed by atoms with Gasteiger partial charge < -0.3 is 4.57 Å². The summed E-state index contributed by atoms with van der Waals surface area (Å²) in [6.07, 6.45) is 8.31. The van der Waals surface area contributed by atoms with Gasteiger partial charge in [-0.3, -0.25) is 0 Å². The number of fused-ring (bicyclic) bond motifs is 1. The van der Waals surface area contributed by atoms with Crippen molar-refractivity contribution in [2.45, 2.75) is 65.1 Å². The Kier molecular flexibility index (Phi) is 8.13. The summed E-state index contributed by atoms with van der Waals surface area (Å²) >= 11 is 0. The highest BCUT2D eigenvalue weighted by Crippen LogP contribution is 2.38. The number of aryl methyl sites for hydroxylation is 2. The summed E-state index contributed by atoms with van der Waals surface area (Å²) < 4.78 is 2.48. The van der Waals surface area contributed by atoms with E-state index in [1.165, 1.54) is 65.1 Å². The van der Waals surface area contributed by atoms with Crippen molar-refractivity contribution in [3.8, 4) is 0 Å². The van der Waals surface area contributed by atoms with Crippen molar-refractivity contribution in [1.82, 2.24) is 9.55 Å². The summed E-state index contributed by atoms with van der Waals surface area (Å²) in [4.78, 5) is 5.12. The molecule has 0 aliphatic carbocycles. The van der Waals surface area contributed by atoms with Crippen molar-refractivity contribution < 1.29 is 0 Å². The molecule has 0 saturated heterocycles. The summed E-state index contributed by atoms with van der Waals surface area (Å²) in [6.45, 7) is 5.61. The lowest BCUT2D eigenvalue weighted by molar-refractivity contribution is 0.597. The van der Waals surface area contributed by atoms with E-state index in [9.17, 15) is 0 Å². The lowest BCUT2D eigenvalue weighted by atomic mass is 10.2. The monoisotopic (exact) mass is 442 g/mol. The fraction of sp³-hybridized carbons (Fsp3) is 0.345. The van der Waals surface area contributed by atoms with Crippen molar-refractivity contribution in [3.63, 3.8) is 0 Å². The first-order valence-electron chi connectivity index (χ1n) is 12.2. The molecule has 166 valence electrons. The average Bonchev–Trinajstić information content (AvgIpc) is 3.19. The molecule has 0 unspecified atom stereocenters. The molecule has 2 nitrogen and oxygen atoms in total. The Bertz CT molecular complexity index is 1060. The van der Waals surface area contributed by atoms with Crippen LogP contribution in [0.2, 0.25) is 0 Å². The molecule has 0 atom stereocenters. The van der Waals surface area contributed by atoms with E-state index >= 15 is 0 Å². The molecule has 0 radical (unpaired) electrons. The Morgan fingerprint density at radius 2 is 1.41 bits per heavy atom. The summed E-state index contributed by atoms with van der Waals surface area (Å²) in [5, 5.41) is 2.87. The molecule has 4 aromatic rings. The number of aromatic nitrogens is 2. The van der Waals surface area contributed by atoms with Crippen molar-refractivity contribution in [2.75, 3.05) is 0 Å². The zero-order valence-corrected chi connectivity index (χ0v) is 20.4. The number of imidazole rings is 1. The van der Waals surface area contributed by atoms with Crippen LogP contribution in [0.4, 0.5) is 0 Å². The van der Waals surface area contributed by atoms with Crippen LogP contribution in [0, 0.1) is 0 Å². The van der Waals surface area contributed by atoms with Gasteiger partial charge in [-0.2, -0.15) is 0 Å². The van der Waals surface area contributed by atoms with Crippen molar-refractivity contribution >= 4 is 29.6 Å². The molecule has 0 fully saturated rings. The molecule has 3 aromatic carbocycles. The second kappa shape index (κ2) is 11.4. The lowest BCUT2D eigenvalue weighted by Gasteiger charge is -2.19. The molecule has 3 heteroatoms. The fourth-order valence-electron chi connectivity index (χ4n) is 4.34. The molecule has 0 aliphatic heterocycles. The van der Waals surface area contributed by atoms with E-state index < -0.39 is 7.92 Å². The fourth-order valence-corrected chi connectivity index (χ4v) is 6.63. The first kappa shape index (κ1) is 22.7. The van der Waals surface area contributed by atoms with E-state index in [0.29, 0.717) is 0 Å². The van der Waals surface area contributed by atoms with Gasteiger partial charge >= 0.3 is 0 Å². The number of nitrogens with zero attached hydrogens (tertiary/aromatic N) is 2. The van der Waals surface area contributed by atoms with Gasteiger partial charge in [0.2, 0.25) is 0 Å². The van der Waals surface area contributed by atoms with Gasteiger partial charge in [0.1, 0.15) is 5.82 Å². The first-order valence-corrected chi connectivity index (χ1v) is 13.7. The summed E-state index contributed by atoms with van der Waals surface area (Å²) in [6, 6.07) is 29.0. The molecule has 1 aromatic heterocycles. The van der Waals surface area contributed by atoms with Crippen LogP contribution in [0.15, 0.2) is 78.9 Å². The summed E-state index contributed by atoms with van der Waals surface area (Å²) in [5.41, 5.74) is 3.86. The predicted molar refractivity (Wildman–Crippen MR) is 141 cm³/mol. The molecule has 0 aliphatic rings. The van der Waals surface area contributed by atoms with Gasteiger partial charge in [-0.15, -0.1) is 0 Å². The van der Waals surface area contributed by atoms with Crippen LogP contribution in [0.25, 0.3) is 11.0 Å². The minimum atomic E-state index is -0.439. The SMILES string of the molecule is CCCCCc1nc2cc(CP(c3ccccc3)c3ccccc3)ccc2n1CCCC. The van der Waals surface area contributed by atoms with E-state index in [1.807, 2.05) is 0 Å². The third kappa shape index (κ3) is 5.48. The molecule has 0 saturated carbocycles. The third-order valence-corrected chi connectivity index (χ3v) is 8.63. The Hall–Kier alpha value is -2.44. The molecule has 0 amide bonds. The van der Waals surface area contributed by atoms with E-state index in [4.69, 9.17) is 4.98 Å². The highest BCUT2D eigenvalue weighted by molar-refractivity contribution is 7.72. The molecule has 32 heavy (non-hydrogen) atoms. The minimum Gasteiger partial charge on any atom is -0.328 e. The Balaban J connectivity index is 1.66. The van der Waals surface area contributed by atoms with Crippen LogP contribution >= 0.6 is 7.92 Å². The average molecular weight is 443 g/mol. The number of rotatable bonds is 11. The van der Waals surface area contributed by atoms with Gasteiger partial charge in [0, 0.05) is 19.1 Å². The van der Waals surface area contributed by atoms with Crippen LogP contribution in [0.5, 0.6) is 0 Å². The van der Waals surface area contributed by atoms with Crippen LogP contribution in [0.1, 0.15) is 57.3 Å². The van der Waals surface area contributed by atoms with Crippen molar-refractivity contribution in [3.05, 3.63) is 90.3 Å². The lowest BCUT2D eigenvalue weighted by Crippen LogP contribution is -2.12. The second-order valence-corrected chi connectivity index (χ2v) is 10.8. The topological polar surface area (TPSA) is 17.8 Å². The quantitative estimate of drug-likeness (QED) is 0.177. The first-order chi connectivity index (χ1) is 15.8. The van der Waals surface area contributed by atoms with Crippen LogP contribution in [-0.2, 0) is 19.1 Å². The van der Waals surface area contributed by atoms with E-state index in [1.54, 1.807) is 0 Å². The highest BCUT2D eigenvalue weighted by Gasteiger charge is 2.16. The van der Waals surface area contributed by atoms with E-state index in [0.717, 1.165) is 19.1 Å². The van der Waals surface area contributed by atoms with Gasteiger partial charge in [-0.1, -0.05) is 99.8 Å². The zero-order chi connectivity index (χ0) is 22.2. The normalized spacial score (nSPS) is 11.5. The van der Waals surface area contributed by atoms with E-state index in [2.05, 4.69) is 97.3 Å². The van der Waals surface area contributed by atoms with Crippen molar-refractivity contribution in [1.29, 1.82) is 0 Å². The zero-order valence-electron chi connectivity index (χ0n) is 19.5. The van der Waals surface area contributed by atoms with Gasteiger partial charge in [0.15, 0.2) is 0 Å². The third-order valence-electron chi connectivity index (χ3n) is 6.11. The van der Waals surface area contributed by atoms with Crippen LogP contribution in [0.3, 0.4) is 0 Å². The Labute approximate surface area is 194 Å². The maximum Gasteiger partial charge on any atom is 0.109 e. The molecular weight excluding hydrogens is 407 g/mol. The largest absolute Gasteiger partial charge is 0.328 e. The molecule has 4 rings (SSSR count). The van der Waals surface area contributed by atoms with Crippen LogP contribution < -0.4 is 10.6 Å². The number of hydrogen-bond acceptors (Lipinski definition) is 1. The smallest absolute Gasteiger partial charge is 0.109 e. The summed E-state index contributed by atoms with van der Waals surface area (Å²) in [7, 11) is -0.439. The number of hydrogen-bond donors (Lipinski definition) is 0. The van der Waals surface area contributed by atoms with Crippen LogP contribution in [-0.4, -0.2) is 9.55 Å². The standard InChI is InChI=1S/C29H35N2P/c1-3-5-9-18-29-30-27-22-24(19-20-28(27)31(29)21-6-4-2)23-32(25-14-10-7-11-15-25)26-16-12-8-13-17-26/h7-8,10-17,19-20,22H,3-6,9,18,21,23H2,1-2H3. The van der Waals surface area contributed by atoms with Gasteiger partial charge in [-0.05, 0) is 49.1 Å². The Morgan fingerprint density at radius 1 is 0.750 bits per heavy atom. The van der Waals surface area contributed by atoms with E-state index in [-0.39, 0.29) is 0 Å². The summed E-state index contributed by atoms with van der Waals surface area (Å²) in [5.74, 6) is 1.27. The van der Waals surface area contributed by atoms with Crippen molar-refractivity contribution in [2.24, 2.45) is 0 Å². The predicted octanol–water partition coefficient (Wildman–Crippen LogP) is 7.20.